The van der Waals surface area contributed by atoms with Crippen LogP contribution in [0.4, 0.5) is 0 Å². The van der Waals surface area contributed by atoms with Crippen LogP contribution < -0.4 is 11.1 Å². The normalized spacial score (nSPS) is 11.7. The van der Waals surface area contributed by atoms with Crippen molar-refractivity contribution in [2.45, 2.75) is 11.8 Å². The van der Waals surface area contributed by atoms with Crippen molar-refractivity contribution < 1.29 is 13.2 Å². The Kier molecular flexibility index (Phi) is 4.01. The van der Waals surface area contributed by atoms with E-state index in [0.717, 1.165) is 0 Å². The van der Waals surface area contributed by atoms with Gasteiger partial charge in [-0.05, 0) is 19.1 Å². The summed E-state index contributed by atoms with van der Waals surface area (Å²) < 4.78 is 26.6. The van der Waals surface area contributed by atoms with E-state index in [1.807, 2.05) is 5.32 Å². The number of nitrogens with zero attached hydrogens (tertiary/aromatic N) is 2. The summed E-state index contributed by atoms with van der Waals surface area (Å²) in [6.07, 6.45) is 1.45. The number of ketones is 1. The Balaban J connectivity index is 3.11. The largest absolute Gasteiger partial charge is 0.368 e. The molecule has 0 aliphatic carbocycles. The number of guanidine groups is 1. The summed E-state index contributed by atoms with van der Waals surface area (Å²) in [4.78, 5) is 10.9. The summed E-state index contributed by atoms with van der Waals surface area (Å²) >= 11 is 0. The van der Waals surface area contributed by atoms with E-state index >= 15 is 0 Å². The number of carbonyl (C=O) groups is 1. The molecule has 1 rings (SSSR count). The molecule has 94 valence electrons. The van der Waals surface area contributed by atoms with Crippen LogP contribution in [0.1, 0.15) is 17.3 Å². The number of nitrogens with one attached hydrogen (secondary N) is 1. The summed E-state index contributed by atoms with van der Waals surface area (Å²) in [6.45, 7) is 1.37. The third kappa shape index (κ3) is 3.29. The van der Waals surface area contributed by atoms with E-state index in [2.05, 4.69) is 4.40 Å². The molecule has 0 heterocycles. The molecule has 0 saturated heterocycles. The molecule has 0 fully saturated rings. The van der Waals surface area contributed by atoms with E-state index in [-0.39, 0.29) is 10.7 Å². The minimum atomic E-state index is -3.99. The molecule has 0 aromatic heterocycles. The molecule has 18 heavy (non-hydrogen) atoms. The molecule has 0 unspecified atom stereocenters. The summed E-state index contributed by atoms with van der Waals surface area (Å²) in [6, 6.07) is 5.24. The minimum Gasteiger partial charge on any atom is -0.368 e. The van der Waals surface area contributed by atoms with E-state index in [1.54, 1.807) is 0 Å². The molecular weight excluding hydrogens is 256 g/mol. The van der Waals surface area contributed by atoms with Gasteiger partial charge in [-0.2, -0.15) is 13.7 Å². The smallest absolute Gasteiger partial charge is 0.285 e. The number of benzene rings is 1. The van der Waals surface area contributed by atoms with Crippen molar-refractivity contribution in [3.05, 3.63) is 29.8 Å². The lowest BCUT2D eigenvalue weighted by Crippen LogP contribution is -2.28. The topological polar surface area (TPSA) is 125 Å². The molecule has 7 nitrogen and oxygen atoms in total. The standard InChI is InChI=1S/C10H10N4O3S/c1-7(15)8-2-4-9(5-3-8)18(16,17)14-10(12)13-6-11/h2-5H,1H3,(H3,12,13,14). The molecule has 3 N–H and O–H groups in total. The molecule has 0 atom stereocenters. The second-order valence-corrected chi connectivity index (χ2v) is 4.87. The van der Waals surface area contributed by atoms with Crippen molar-refractivity contribution in [3.8, 4) is 6.19 Å². The van der Waals surface area contributed by atoms with E-state index in [9.17, 15) is 13.2 Å². The lowest BCUT2D eigenvalue weighted by molar-refractivity contribution is 0.101. The van der Waals surface area contributed by atoms with Gasteiger partial charge in [-0.1, -0.05) is 12.1 Å². The molecule has 0 aliphatic heterocycles. The maximum absolute atomic E-state index is 11.7. The summed E-state index contributed by atoms with van der Waals surface area (Å²) in [7, 11) is -3.99. The maximum atomic E-state index is 11.7. The van der Waals surface area contributed by atoms with Crippen LogP contribution in [0.3, 0.4) is 0 Å². The predicted octanol–water partition coefficient (Wildman–Crippen LogP) is -0.0367. The first-order valence-corrected chi connectivity index (χ1v) is 6.17. The monoisotopic (exact) mass is 266 g/mol. The van der Waals surface area contributed by atoms with Gasteiger partial charge in [0.15, 0.2) is 12.0 Å². The number of sulfonamides is 1. The number of Topliss-reactive ketones (excluding diaryl/α,β-unsaturated/α-hetero) is 1. The molecular formula is C10H10N4O3S. The van der Waals surface area contributed by atoms with Gasteiger partial charge in [0.25, 0.3) is 10.0 Å². The van der Waals surface area contributed by atoms with E-state index in [4.69, 9.17) is 11.0 Å². The predicted molar refractivity (Wildman–Crippen MR) is 64.0 cm³/mol. The molecule has 1 aromatic rings. The highest BCUT2D eigenvalue weighted by atomic mass is 32.2. The lowest BCUT2D eigenvalue weighted by Gasteiger charge is -2.01. The van der Waals surface area contributed by atoms with Crippen LogP contribution >= 0.6 is 0 Å². The zero-order valence-electron chi connectivity index (χ0n) is 9.41. The quantitative estimate of drug-likeness (QED) is 0.260. The van der Waals surface area contributed by atoms with E-state index in [1.165, 1.54) is 37.4 Å². The van der Waals surface area contributed by atoms with Gasteiger partial charge in [-0.25, -0.2) is 0 Å². The zero-order chi connectivity index (χ0) is 13.8. The highest BCUT2D eigenvalue weighted by Gasteiger charge is 2.13. The molecule has 0 spiro atoms. The zero-order valence-corrected chi connectivity index (χ0v) is 10.2. The molecule has 0 amide bonds. The lowest BCUT2D eigenvalue weighted by atomic mass is 10.2. The Hall–Kier alpha value is -2.40. The summed E-state index contributed by atoms with van der Waals surface area (Å²) in [5.74, 6) is -0.693. The molecule has 0 bridgehead atoms. The van der Waals surface area contributed by atoms with Crippen LogP contribution in [0.2, 0.25) is 0 Å². The number of rotatable bonds is 3. The van der Waals surface area contributed by atoms with Crippen molar-refractivity contribution in [2.24, 2.45) is 10.1 Å². The second-order valence-electron chi connectivity index (χ2n) is 3.27. The van der Waals surface area contributed by atoms with Gasteiger partial charge < -0.3 is 5.73 Å². The van der Waals surface area contributed by atoms with Crippen molar-refractivity contribution in [3.63, 3.8) is 0 Å². The highest BCUT2D eigenvalue weighted by molar-refractivity contribution is 7.90. The minimum absolute atomic E-state index is 0.116. The molecule has 0 aliphatic rings. The SMILES string of the molecule is CC(=O)c1ccc(S(=O)(=O)/N=C(\N)NC#N)cc1. The fourth-order valence-electron chi connectivity index (χ4n) is 1.12. The van der Waals surface area contributed by atoms with Crippen LogP contribution in [-0.2, 0) is 10.0 Å². The Morgan fingerprint density at radius 2 is 1.94 bits per heavy atom. The summed E-state index contributed by atoms with van der Waals surface area (Å²) in [5, 5.41) is 10.1. The van der Waals surface area contributed by atoms with Crippen LogP contribution in [-0.4, -0.2) is 20.2 Å². The fourth-order valence-corrected chi connectivity index (χ4v) is 2.01. The molecule has 0 radical (unpaired) electrons. The third-order valence-electron chi connectivity index (χ3n) is 1.96. The van der Waals surface area contributed by atoms with Gasteiger partial charge in [0, 0.05) is 5.56 Å². The number of hydrogen-bond acceptors (Lipinski definition) is 4. The van der Waals surface area contributed by atoms with Crippen LogP contribution in [0, 0.1) is 11.5 Å². The first-order chi connectivity index (χ1) is 8.36. The average Bonchev–Trinajstić information content (AvgIpc) is 2.28. The molecule has 1 aromatic carbocycles. The first kappa shape index (κ1) is 13.7. The van der Waals surface area contributed by atoms with E-state index in [0.29, 0.717) is 5.56 Å². The summed E-state index contributed by atoms with van der Waals surface area (Å²) in [5.41, 5.74) is 5.56. The van der Waals surface area contributed by atoms with Gasteiger partial charge in [-0.3, -0.25) is 10.1 Å². The van der Waals surface area contributed by atoms with Gasteiger partial charge >= 0.3 is 0 Å². The van der Waals surface area contributed by atoms with Gasteiger partial charge in [0.05, 0.1) is 4.90 Å². The Morgan fingerprint density at radius 1 is 1.39 bits per heavy atom. The second kappa shape index (κ2) is 5.29. The fraction of sp³-hybridized carbons (Fsp3) is 0.100. The Morgan fingerprint density at radius 3 is 2.39 bits per heavy atom. The van der Waals surface area contributed by atoms with Crippen molar-refractivity contribution in [1.82, 2.24) is 5.32 Å². The first-order valence-electron chi connectivity index (χ1n) is 4.73. The molecule has 0 saturated carbocycles. The molecule has 8 heteroatoms. The Bertz CT molecular complexity index is 626. The van der Waals surface area contributed by atoms with Crippen molar-refractivity contribution in [1.29, 1.82) is 5.26 Å². The van der Waals surface area contributed by atoms with Crippen LogP contribution in [0.15, 0.2) is 33.6 Å². The van der Waals surface area contributed by atoms with Crippen molar-refractivity contribution in [2.75, 3.05) is 0 Å². The maximum Gasteiger partial charge on any atom is 0.285 e. The Labute approximate surface area is 104 Å². The third-order valence-corrected chi connectivity index (χ3v) is 3.27. The van der Waals surface area contributed by atoms with Gasteiger partial charge in [0.2, 0.25) is 5.96 Å². The number of nitriles is 1. The van der Waals surface area contributed by atoms with Crippen molar-refractivity contribution >= 4 is 21.8 Å². The average molecular weight is 266 g/mol. The van der Waals surface area contributed by atoms with Crippen LogP contribution in [0.5, 0.6) is 0 Å². The number of nitrogens with two attached hydrogens (primary N) is 1. The number of carbonyl (C=O) groups excluding carboxylic acids is 1. The van der Waals surface area contributed by atoms with Gasteiger partial charge in [0.1, 0.15) is 0 Å². The highest BCUT2D eigenvalue weighted by Crippen LogP contribution is 2.13. The van der Waals surface area contributed by atoms with Gasteiger partial charge in [-0.15, -0.1) is 4.40 Å². The number of hydrogen-bond donors (Lipinski definition) is 2. The van der Waals surface area contributed by atoms with E-state index < -0.39 is 16.0 Å². The van der Waals surface area contributed by atoms with Crippen LogP contribution in [0.25, 0.3) is 0 Å².